The number of hydrogen-bond donors (Lipinski definition) is 1. The number of nitrogens with zero attached hydrogens (tertiary/aromatic N) is 4. The summed E-state index contributed by atoms with van der Waals surface area (Å²) in [7, 11) is -3.67. The van der Waals surface area contributed by atoms with E-state index in [2.05, 4.69) is 19.8 Å². The molecule has 0 aliphatic heterocycles. The number of benzene rings is 1. The highest BCUT2D eigenvalue weighted by Gasteiger charge is 2.13. The van der Waals surface area contributed by atoms with E-state index in [1.54, 1.807) is 18.5 Å². The van der Waals surface area contributed by atoms with E-state index in [1.165, 1.54) is 41.3 Å². The fourth-order valence-electron chi connectivity index (χ4n) is 1.94. The lowest BCUT2D eigenvalue weighted by molar-refractivity contribution is 0.340. The number of rotatable bonds is 7. The Morgan fingerprint density at radius 2 is 2.00 bits per heavy atom. The van der Waals surface area contributed by atoms with Crippen molar-refractivity contribution in [3.05, 3.63) is 60.9 Å². The Morgan fingerprint density at radius 1 is 1.20 bits per heavy atom. The van der Waals surface area contributed by atoms with Gasteiger partial charge < -0.3 is 4.74 Å². The van der Waals surface area contributed by atoms with Gasteiger partial charge in [-0.1, -0.05) is 0 Å². The largest absolute Gasteiger partial charge is 0.492 e. The standard InChI is InChI=1S/C15H14FN5O3S/c16-12-2-4-13(5-3-12)24-8-9-25(22,23)20-14-10-15(18-11-17-14)21-7-1-6-19-21/h1-7,10-11H,8-9H2,(H,17,18,20). The maximum Gasteiger partial charge on any atom is 0.237 e. The SMILES string of the molecule is O=S(=O)(CCOc1ccc(F)cc1)Nc1cc(-n2cccn2)ncn1. The fraction of sp³-hybridized carbons (Fsp3) is 0.133. The summed E-state index contributed by atoms with van der Waals surface area (Å²) in [6.07, 6.45) is 4.50. The topological polar surface area (TPSA) is 99.0 Å². The van der Waals surface area contributed by atoms with Crippen LogP contribution in [-0.2, 0) is 10.0 Å². The number of nitrogens with one attached hydrogen (secondary N) is 1. The third-order valence-corrected chi connectivity index (χ3v) is 4.31. The zero-order valence-corrected chi connectivity index (χ0v) is 13.7. The van der Waals surface area contributed by atoms with Crippen molar-refractivity contribution in [1.82, 2.24) is 19.7 Å². The maximum absolute atomic E-state index is 12.8. The van der Waals surface area contributed by atoms with Gasteiger partial charge in [-0.05, 0) is 30.3 Å². The minimum absolute atomic E-state index is 0.0853. The Morgan fingerprint density at radius 3 is 2.72 bits per heavy atom. The van der Waals surface area contributed by atoms with Gasteiger partial charge in [-0.15, -0.1) is 0 Å². The number of halogens is 1. The van der Waals surface area contributed by atoms with Crippen LogP contribution in [0.5, 0.6) is 5.75 Å². The van der Waals surface area contributed by atoms with Crippen molar-refractivity contribution in [3.8, 4) is 11.6 Å². The van der Waals surface area contributed by atoms with Crippen LogP contribution in [0.4, 0.5) is 10.2 Å². The first kappa shape index (κ1) is 16.8. The van der Waals surface area contributed by atoms with Crippen LogP contribution in [0.15, 0.2) is 55.1 Å². The van der Waals surface area contributed by atoms with Crippen LogP contribution in [0.25, 0.3) is 5.82 Å². The highest BCUT2D eigenvalue weighted by Crippen LogP contribution is 2.12. The van der Waals surface area contributed by atoms with Crippen LogP contribution in [0.1, 0.15) is 0 Å². The summed E-state index contributed by atoms with van der Waals surface area (Å²) in [5.41, 5.74) is 0. The molecule has 2 aromatic heterocycles. The average molecular weight is 363 g/mol. The molecule has 0 aliphatic carbocycles. The molecule has 0 saturated heterocycles. The molecule has 0 amide bonds. The van der Waals surface area contributed by atoms with Gasteiger partial charge in [0.2, 0.25) is 10.0 Å². The zero-order chi connectivity index (χ0) is 17.7. The maximum atomic E-state index is 12.8. The van der Waals surface area contributed by atoms with Crippen molar-refractivity contribution in [2.75, 3.05) is 17.1 Å². The van der Waals surface area contributed by atoms with Crippen molar-refractivity contribution in [3.63, 3.8) is 0 Å². The first-order chi connectivity index (χ1) is 12.0. The number of anilines is 1. The van der Waals surface area contributed by atoms with Gasteiger partial charge in [-0.2, -0.15) is 5.10 Å². The third kappa shape index (κ3) is 4.73. The molecule has 0 aliphatic rings. The van der Waals surface area contributed by atoms with E-state index >= 15 is 0 Å². The minimum Gasteiger partial charge on any atom is -0.492 e. The second-order valence-electron chi connectivity index (χ2n) is 4.94. The first-order valence-corrected chi connectivity index (χ1v) is 8.88. The van der Waals surface area contributed by atoms with Crippen molar-refractivity contribution in [2.24, 2.45) is 0 Å². The molecule has 0 unspecified atom stereocenters. The minimum atomic E-state index is -3.67. The molecular formula is C15H14FN5O3S. The van der Waals surface area contributed by atoms with E-state index in [0.717, 1.165) is 0 Å². The third-order valence-electron chi connectivity index (χ3n) is 3.09. The van der Waals surface area contributed by atoms with E-state index in [4.69, 9.17) is 4.74 Å². The van der Waals surface area contributed by atoms with E-state index in [0.29, 0.717) is 11.6 Å². The molecule has 1 N–H and O–H groups in total. The second kappa shape index (κ2) is 7.26. The Bertz CT molecular complexity index is 930. The molecular weight excluding hydrogens is 349 g/mol. The number of ether oxygens (including phenoxy) is 1. The van der Waals surface area contributed by atoms with Crippen LogP contribution in [0.2, 0.25) is 0 Å². The second-order valence-corrected chi connectivity index (χ2v) is 6.78. The molecule has 3 rings (SSSR count). The lowest BCUT2D eigenvalue weighted by Crippen LogP contribution is -2.22. The van der Waals surface area contributed by atoms with Crippen molar-refractivity contribution >= 4 is 15.8 Å². The van der Waals surface area contributed by atoms with Gasteiger partial charge in [-0.25, -0.2) is 27.5 Å². The highest BCUT2D eigenvalue weighted by atomic mass is 32.2. The summed E-state index contributed by atoms with van der Waals surface area (Å²) in [4.78, 5) is 7.91. The van der Waals surface area contributed by atoms with E-state index in [1.807, 2.05) is 0 Å². The molecule has 2 heterocycles. The predicted molar refractivity (Wildman–Crippen MR) is 88.5 cm³/mol. The van der Waals surface area contributed by atoms with Crippen molar-refractivity contribution in [1.29, 1.82) is 0 Å². The van der Waals surface area contributed by atoms with Crippen LogP contribution in [0.3, 0.4) is 0 Å². The quantitative estimate of drug-likeness (QED) is 0.685. The normalized spacial score (nSPS) is 11.2. The Labute approximate surface area is 143 Å². The van der Waals surface area contributed by atoms with Crippen molar-refractivity contribution < 1.29 is 17.5 Å². The van der Waals surface area contributed by atoms with Gasteiger partial charge in [0, 0.05) is 18.5 Å². The molecule has 0 atom stereocenters. The van der Waals surface area contributed by atoms with Gasteiger partial charge in [0.25, 0.3) is 0 Å². The molecule has 130 valence electrons. The molecule has 0 fully saturated rings. The van der Waals surface area contributed by atoms with Crippen LogP contribution < -0.4 is 9.46 Å². The molecule has 1 aromatic carbocycles. The predicted octanol–water partition coefficient (Wildman–Crippen LogP) is 1.62. The van der Waals surface area contributed by atoms with Gasteiger partial charge in [0.05, 0.1) is 0 Å². The molecule has 8 nitrogen and oxygen atoms in total. The summed E-state index contributed by atoms with van der Waals surface area (Å²) >= 11 is 0. The highest BCUT2D eigenvalue weighted by molar-refractivity contribution is 7.92. The number of sulfonamides is 1. The lowest BCUT2D eigenvalue weighted by Gasteiger charge is -2.09. The Hall–Kier alpha value is -3.01. The summed E-state index contributed by atoms with van der Waals surface area (Å²) in [5, 5.41) is 4.02. The lowest BCUT2D eigenvalue weighted by atomic mass is 10.3. The van der Waals surface area contributed by atoms with Gasteiger partial charge in [-0.3, -0.25) is 4.72 Å². The Kier molecular flexibility index (Phi) is 4.89. The number of aromatic nitrogens is 4. The summed E-state index contributed by atoms with van der Waals surface area (Å²) in [5.74, 6) is 0.270. The molecule has 0 radical (unpaired) electrons. The summed E-state index contributed by atoms with van der Waals surface area (Å²) in [6, 6.07) is 8.51. The first-order valence-electron chi connectivity index (χ1n) is 7.23. The van der Waals surface area contributed by atoms with Crippen LogP contribution in [-0.4, -0.2) is 40.5 Å². The smallest absolute Gasteiger partial charge is 0.237 e. The number of hydrogen-bond acceptors (Lipinski definition) is 6. The van der Waals surface area contributed by atoms with Gasteiger partial charge >= 0.3 is 0 Å². The van der Waals surface area contributed by atoms with E-state index < -0.39 is 15.8 Å². The summed E-state index contributed by atoms with van der Waals surface area (Å²) < 4.78 is 46.1. The molecule has 0 saturated carbocycles. The van der Waals surface area contributed by atoms with E-state index in [9.17, 15) is 12.8 Å². The Balaban J connectivity index is 1.59. The molecule has 0 spiro atoms. The molecule has 0 bridgehead atoms. The molecule has 25 heavy (non-hydrogen) atoms. The van der Waals surface area contributed by atoms with Crippen LogP contribution >= 0.6 is 0 Å². The molecule has 3 aromatic rings. The summed E-state index contributed by atoms with van der Waals surface area (Å²) in [6.45, 7) is -0.0853. The zero-order valence-electron chi connectivity index (χ0n) is 12.9. The fourth-order valence-corrected chi connectivity index (χ4v) is 2.78. The van der Waals surface area contributed by atoms with Gasteiger partial charge in [0.15, 0.2) is 5.82 Å². The van der Waals surface area contributed by atoms with Crippen LogP contribution in [0, 0.1) is 5.82 Å². The van der Waals surface area contributed by atoms with E-state index in [-0.39, 0.29) is 18.2 Å². The van der Waals surface area contributed by atoms with Crippen molar-refractivity contribution in [2.45, 2.75) is 0 Å². The monoisotopic (exact) mass is 363 g/mol. The molecule has 10 heteroatoms. The van der Waals surface area contributed by atoms with Gasteiger partial charge in [0.1, 0.15) is 36.1 Å². The average Bonchev–Trinajstić information content (AvgIpc) is 3.11.